The Bertz CT molecular complexity index is 164. The van der Waals surface area contributed by atoms with E-state index in [0.717, 1.165) is 51.9 Å². The molecule has 0 bridgehead atoms. The van der Waals surface area contributed by atoms with Crippen LogP contribution in [0.15, 0.2) is 0 Å². The summed E-state index contributed by atoms with van der Waals surface area (Å²) in [5, 5.41) is 14.7. The van der Waals surface area contributed by atoms with Crippen molar-refractivity contribution in [3.8, 4) is 0 Å². The van der Waals surface area contributed by atoms with Gasteiger partial charge in [0.15, 0.2) is 0 Å². The van der Waals surface area contributed by atoms with E-state index >= 15 is 0 Å². The second kappa shape index (κ2) is 5.07. The van der Waals surface area contributed by atoms with Crippen molar-refractivity contribution in [1.82, 2.24) is 10.4 Å². The first kappa shape index (κ1) is 10.4. The van der Waals surface area contributed by atoms with Gasteiger partial charge in [-0.3, -0.25) is 4.84 Å². The lowest BCUT2D eigenvalue weighted by Gasteiger charge is -2.33. The number of nitrogens with one attached hydrogen (secondary N) is 1. The standard InChI is InChI=1S/C10H20N2O2/c13-9-3-7-12(8-4-9)14-10-1-5-11-6-2-10/h9-11,13H,1-8H2. The molecule has 0 aromatic carbocycles. The summed E-state index contributed by atoms with van der Waals surface area (Å²) in [7, 11) is 0. The lowest BCUT2D eigenvalue weighted by molar-refractivity contribution is -0.218. The molecule has 2 fully saturated rings. The van der Waals surface area contributed by atoms with Gasteiger partial charge in [-0.25, -0.2) is 0 Å². The average Bonchev–Trinajstić information content (AvgIpc) is 2.23. The number of hydrogen-bond donors (Lipinski definition) is 2. The number of aliphatic hydroxyl groups excluding tert-OH is 1. The van der Waals surface area contributed by atoms with Crippen LogP contribution in [-0.4, -0.2) is 48.6 Å². The Labute approximate surface area is 85.2 Å². The zero-order valence-electron chi connectivity index (χ0n) is 8.61. The fraction of sp³-hybridized carbons (Fsp3) is 1.00. The SMILES string of the molecule is OC1CCN(OC2CCNCC2)CC1. The number of hydroxylamine groups is 2. The van der Waals surface area contributed by atoms with E-state index in [-0.39, 0.29) is 6.10 Å². The number of nitrogens with zero attached hydrogens (tertiary/aromatic N) is 1. The highest BCUT2D eigenvalue weighted by Crippen LogP contribution is 2.15. The topological polar surface area (TPSA) is 44.7 Å². The van der Waals surface area contributed by atoms with Crippen molar-refractivity contribution in [3.05, 3.63) is 0 Å². The van der Waals surface area contributed by atoms with Gasteiger partial charge in [0.25, 0.3) is 0 Å². The third-order valence-electron chi connectivity index (χ3n) is 3.01. The number of aliphatic hydroxyl groups is 1. The second-order valence-corrected chi connectivity index (χ2v) is 4.21. The minimum absolute atomic E-state index is 0.108. The van der Waals surface area contributed by atoms with E-state index in [0.29, 0.717) is 6.10 Å². The van der Waals surface area contributed by atoms with Crippen LogP contribution in [0.4, 0.5) is 0 Å². The van der Waals surface area contributed by atoms with E-state index in [4.69, 9.17) is 4.84 Å². The van der Waals surface area contributed by atoms with Gasteiger partial charge in [-0.1, -0.05) is 0 Å². The van der Waals surface area contributed by atoms with Gasteiger partial charge in [0.05, 0.1) is 12.2 Å². The predicted molar refractivity (Wildman–Crippen MR) is 53.8 cm³/mol. The van der Waals surface area contributed by atoms with Crippen molar-refractivity contribution in [2.24, 2.45) is 0 Å². The van der Waals surface area contributed by atoms with Crippen molar-refractivity contribution >= 4 is 0 Å². The monoisotopic (exact) mass is 200 g/mol. The fourth-order valence-electron chi connectivity index (χ4n) is 2.06. The molecule has 4 nitrogen and oxygen atoms in total. The molecule has 2 aliphatic rings. The molecule has 0 aromatic heterocycles. The molecule has 2 rings (SSSR count). The van der Waals surface area contributed by atoms with Gasteiger partial charge < -0.3 is 10.4 Å². The first-order chi connectivity index (χ1) is 6.84. The highest BCUT2D eigenvalue weighted by Gasteiger charge is 2.21. The van der Waals surface area contributed by atoms with Crippen LogP contribution in [-0.2, 0) is 4.84 Å². The molecular formula is C10H20N2O2. The summed E-state index contributed by atoms with van der Waals surface area (Å²) in [4.78, 5) is 5.86. The van der Waals surface area contributed by atoms with Crippen molar-refractivity contribution in [3.63, 3.8) is 0 Å². The van der Waals surface area contributed by atoms with Crippen molar-refractivity contribution in [2.75, 3.05) is 26.2 Å². The van der Waals surface area contributed by atoms with Crippen molar-refractivity contribution < 1.29 is 9.94 Å². The Morgan fingerprint density at radius 2 is 1.71 bits per heavy atom. The molecule has 0 spiro atoms. The molecule has 0 saturated carbocycles. The van der Waals surface area contributed by atoms with E-state index in [1.807, 2.05) is 5.06 Å². The van der Waals surface area contributed by atoms with Gasteiger partial charge in [-0.15, -0.1) is 0 Å². The van der Waals surface area contributed by atoms with Crippen molar-refractivity contribution in [1.29, 1.82) is 0 Å². The largest absolute Gasteiger partial charge is 0.393 e. The van der Waals surface area contributed by atoms with Gasteiger partial charge in [0.1, 0.15) is 0 Å². The summed E-state index contributed by atoms with van der Waals surface area (Å²) >= 11 is 0. The van der Waals surface area contributed by atoms with Gasteiger partial charge in [0, 0.05) is 13.1 Å². The first-order valence-corrected chi connectivity index (χ1v) is 5.65. The van der Waals surface area contributed by atoms with E-state index in [2.05, 4.69) is 5.32 Å². The van der Waals surface area contributed by atoms with Crippen LogP contribution in [0, 0.1) is 0 Å². The minimum atomic E-state index is -0.108. The van der Waals surface area contributed by atoms with Crippen LogP contribution in [0.25, 0.3) is 0 Å². The maximum absolute atomic E-state index is 9.34. The molecule has 0 atom stereocenters. The molecule has 0 radical (unpaired) electrons. The molecule has 2 aliphatic heterocycles. The van der Waals surface area contributed by atoms with Gasteiger partial charge in [-0.05, 0) is 38.8 Å². The third kappa shape index (κ3) is 2.92. The molecule has 2 N–H and O–H groups in total. The maximum atomic E-state index is 9.34. The molecule has 2 heterocycles. The fourth-order valence-corrected chi connectivity index (χ4v) is 2.06. The lowest BCUT2D eigenvalue weighted by Crippen LogP contribution is -2.41. The Hall–Kier alpha value is -0.160. The number of hydrogen-bond acceptors (Lipinski definition) is 4. The quantitative estimate of drug-likeness (QED) is 0.665. The molecule has 14 heavy (non-hydrogen) atoms. The Morgan fingerprint density at radius 1 is 1.07 bits per heavy atom. The van der Waals surface area contributed by atoms with Crippen molar-refractivity contribution in [2.45, 2.75) is 37.9 Å². The van der Waals surface area contributed by atoms with E-state index in [1.54, 1.807) is 0 Å². The zero-order valence-corrected chi connectivity index (χ0v) is 8.61. The van der Waals surface area contributed by atoms with E-state index in [9.17, 15) is 5.11 Å². The zero-order chi connectivity index (χ0) is 9.80. The van der Waals surface area contributed by atoms with E-state index < -0.39 is 0 Å². The second-order valence-electron chi connectivity index (χ2n) is 4.21. The minimum Gasteiger partial charge on any atom is -0.393 e. The van der Waals surface area contributed by atoms with Crippen LogP contribution >= 0.6 is 0 Å². The van der Waals surface area contributed by atoms with Crippen LogP contribution in [0.2, 0.25) is 0 Å². The first-order valence-electron chi connectivity index (χ1n) is 5.65. The van der Waals surface area contributed by atoms with Crippen LogP contribution in [0.3, 0.4) is 0 Å². The normalized spacial score (nSPS) is 28.1. The van der Waals surface area contributed by atoms with Gasteiger partial charge in [-0.2, -0.15) is 5.06 Å². The summed E-state index contributed by atoms with van der Waals surface area (Å²) in [6, 6.07) is 0. The van der Waals surface area contributed by atoms with Gasteiger partial charge in [0.2, 0.25) is 0 Å². The highest BCUT2D eigenvalue weighted by molar-refractivity contribution is 4.70. The summed E-state index contributed by atoms with van der Waals surface area (Å²) in [5.74, 6) is 0. The molecule has 0 aromatic rings. The van der Waals surface area contributed by atoms with Crippen LogP contribution in [0.5, 0.6) is 0 Å². The molecule has 4 heteroatoms. The predicted octanol–water partition coefficient (Wildman–Crippen LogP) is 0.127. The molecule has 0 amide bonds. The lowest BCUT2D eigenvalue weighted by atomic mass is 10.1. The molecule has 0 aliphatic carbocycles. The summed E-state index contributed by atoms with van der Waals surface area (Å²) < 4.78 is 0. The molecule has 2 saturated heterocycles. The molecule has 82 valence electrons. The Morgan fingerprint density at radius 3 is 2.36 bits per heavy atom. The summed E-state index contributed by atoms with van der Waals surface area (Å²) in [6.07, 6.45) is 4.21. The number of rotatable bonds is 2. The van der Waals surface area contributed by atoms with Crippen LogP contribution in [0.1, 0.15) is 25.7 Å². The summed E-state index contributed by atoms with van der Waals surface area (Å²) in [6.45, 7) is 3.90. The molecule has 0 unspecified atom stereocenters. The Balaban J connectivity index is 1.68. The van der Waals surface area contributed by atoms with E-state index in [1.165, 1.54) is 0 Å². The highest BCUT2D eigenvalue weighted by atomic mass is 16.7. The Kier molecular flexibility index (Phi) is 3.75. The smallest absolute Gasteiger partial charge is 0.0817 e. The average molecular weight is 200 g/mol. The van der Waals surface area contributed by atoms with Crippen LogP contribution < -0.4 is 5.32 Å². The third-order valence-corrected chi connectivity index (χ3v) is 3.01. The number of piperidine rings is 2. The molecular weight excluding hydrogens is 180 g/mol. The maximum Gasteiger partial charge on any atom is 0.0817 e. The van der Waals surface area contributed by atoms with Gasteiger partial charge >= 0.3 is 0 Å². The summed E-state index contributed by atoms with van der Waals surface area (Å²) in [5.41, 5.74) is 0.